The zero-order valence-corrected chi connectivity index (χ0v) is 24.1. The largest absolute Gasteiger partial charge is 0.497 e. The average Bonchev–Trinajstić information content (AvgIpc) is 2.93. The summed E-state index contributed by atoms with van der Waals surface area (Å²) in [5.41, 5.74) is 1.98. The molecule has 0 aliphatic heterocycles. The lowest BCUT2D eigenvalue weighted by Crippen LogP contribution is -2.51. The minimum atomic E-state index is -4.15. The number of amides is 2. The van der Waals surface area contributed by atoms with Crippen LogP contribution in [0.2, 0.25) is 5.02 Å². The Balaban J connectivity index is 2.01. The van der Waals surface area contributed by atoms with Crippen molar-refractivity contribution in [3.8, 4) is 5.75 Å². The molecule has 3 rings (SSSR count). The zero-order chi connectivity index (χ0) is 28.6. The second kappa shape index (κ2) is 13.5. The van der Waals surface area contributed by atoms with Crippen molar-refractivity contribution in [1.82, 2.24) is 10.2 Å². The lowest BCUT2D eigenvalue weighted by Gasteiger charge is -2.32. The van der Waals surface area contributed by atoms with Gasteiger partial charge >= 0.3 is 0 Å². The summed E-state index contributed by atoms with van der Waals surface area (Å²) in [6.45, 7) is 5.48. The van der Waals surface area contributed by atoms with E-state index in [2.05, 4.69) is 5.32 Å². The first-order valence-electron chi connectivity index (χ1n) is 12.6. The van der Waals surface area contributed by atoms with Gasteiger partial charge in [-0.15, -0.1) is 0 Å². The highest BCUT2D eigenvalue weighted by Crippen LogP contribution is 2.26. The lowest BCUT2D eigenvalue weighted by atomic mass is 10.1. The Morgan fingerprint density at radius 2 is 1.69 bits per heavy atom. The Labute approximate surface area is 235 Å². The number of sulfonamides is 1. The molecule has 2 amide bonds. The van der Waals surface area contributed by atoms with E-state index in [1.54, 1.807) is 67.6 Å². The second-order valence-corrected chi connectivity index (χ2v) is 11.4. The van der Waals surface area contributed by atoms with Gasteiger partial charge in [0.1, 0.15) is 18.3 Å². The number of nitrogens with zero attached hydrogens (tertiary/aromatic N) is 2. The van der Waals surface area contributed by atoms with E-state index in [1.165, 1.54) is 24.1 Å². The number of carbonyl (C=O) groups excluding carboxylic acids is 2. The lowest BCUT2D eigenvalue weighted by molar-refractivity contribution is -0.139. The molecule has 3 aromatic rings. The molecular formula is C29H34ClN3O5S. The first kappa shape index (κ1) is 30.0. The monoisotopic (exact) mass is 571 g/mol. The summed E-state index contributed by atoms with van der Waals surface area (Å²) in [7, 11) is -2.66. The van der Waals surface area contributed by atoms with Crippen LogP contribution in [0.1, 0.15) is 31.4 Å². The normalized spacial score (nSPS) is 11.9. The predicted molar refractivity (Wildman–Crippen MR) is 153 cm³/mol. The maximum atomic E-state index is 13.9. The second-order valence-electron chi connectivity index (χ2n) is 9.14. The van der Waals surface area contributed by atoms with Crippen molar-refractivity contribution in [2.24, 2.45) is 0 Å². The first-order chi connectivity index (χ1) is 18.6. The molecule has 8 nitrogen and oxygen atoms in total. The molecule has 0 saturated heterocycles. The standard InChI is InChI=1S/C29H34ClN3O5S/c1-5-17-31-29(35)22(3)32(19-23-7-6-8-24(30)18-23)28(34)20-33(25-11-9-21(2)10-12-25)39(36,37)27-15-13-26(38-4)14-16-27/h6-16,18,22H,5,17,19-20H2,1-4H3,(H,31,35)/t22-/m1/s1. The fraction of sp³-hybridized carbons (Fsp3) is 0.310. The van der Waals surface area contributed by atoms with Crippen molar-refractivity contribution in [1.29, 1.82) is 0 Å². The summed E-state index contributed by atoms with van der Waals surface area (Å²) in [6.07, 6.45) is 0.738. The molecule has 0 unspecified atom stereocenters. The molecule has 0 fully saturated rings. The van der Waals surface area contributed by atoms with Gasteiger partial charge in [0.15, 0.2) is 0 Å². The van der Waals surface area contributed by atoms with E-state index in [4.69, 9.17) is 16.3 Å². The molecule has 1 atom stereocenters. The van der Waals surface area contributed by atoms with Crippen molar-refractivity contribution >= 4 is 39.1 Å². The van der Waals surface area contributed by atoms with Crippen LogP contribution in [-0.2, 0) is 26.2 Å². The van der Waals surface area contributed by atoms with Crippen molar-refractivity contribution in [3.63, 3.8) is 0 Å². The quantitative estimate of drug-likeness (QED) is 0.337. The third-order valence-electron chi connectivity index (χ3n) is 6.21. The number of ether oxygens (including phenoxy) is 1. The van der Waals surface area contributed by atoms with Gasteiger partial charge in [-0.05, 0) is 74.4 Å². The molecule has 0 saturated carbocycles. The number of hydrogen-bond donors (Lipinski definition) is 1. The Morgan fingerprint density at radius 1 is 1.03 bits per heavy atom. The fourth-order valence-electron chi connectivity index (χ4n) is 3.93. The van der Waals surface area contributed by atoms with Crippen LogP contribution in [-0.4, -0.2) is 51.4 Å². The molecule has 39 heavy (non-hydrogen) atoms. The van der Waals surface area contributed by atoms with Crippen LogP contribution in [0.4, 0.5) is 5.69 Å². The zero-order valence-electron chi connectivity index (χ0n) is 22.6. The van der Waals surface area contributed by atoms with Crippen molar-refractivity contribution in [3.05, 3.63) is 88.9 Å². The Hall–Kier alpha value is -3.56. The number of nitrogens with one attached hydrogen (secondary N) is 1. The van der Waals surface area contributed by atoms with Gasteiger partial charge in [-0.2, -0.15) is 0 Å². The molecule has 0 radical (unpaired) electrons. The van der Waals surface area contributed by atoms with Gasteiger partial charge in [-0.1, -0.05) is 48.4 Å². The van der Waals surface area contributed by atoms with E-state index >= 15 is 0 Å². The summed E-state index contributed by atoms with van der Waals surface area (Å²) in [5, 5.41) is 3.31. The molecule has 0 aliphatic carbocycles. The predicted octanol–water partition coefficient (Wildman–Crippen LogP) is 4.80. The molecule has 0 bridgehead atoms. The summed E-state index contributed by atoms with van der Waals surface area (Å²) >= 11 is 6.17. The topological polar surface area (TPSA) is 96.0 Å². The van der Waals surface area contributed by atoms with Gasteiger partial charge in [0.25, 0.3) is 10.0 Å². The van der Waals surface area contributed by atoms with Gasteiger partial charge in [0.2, 0.25) is 11.8 Å². The third kappa shape index (κ3) is 7.74. The Bertz CT molecular complexity index is 1380. The molecule has 3 aromatic carbocycles. The van der Waals surface area contributed by atoms with Gasteiger partial charge in [0.05, 0.1) is 17.7 Å². The van der Waals surface area contributed by atoms with Crippen LogP contribution >= 0.6 is 11.6 Å². The fourth-order valence-corrected chi connectivity index (χ4v) is 5.55. The minimum Gasteiger partial charge on any atom is -0.497 e. The maximum Gasteiger partial charge on any atom is 0.264 e. The van der Waals surface area contributed by atoms with Crippen molar-refractivity contribution in [2.45, 2.75) is 44.7 Å². The van der Waals surface area contributed by atoms with E-state index in [0.717, 1.165) is 16.3 Å². The van der Waals surface area contributed by atoms with Gasteiger partial charge in [0, 0.05) is 18.1 Å². The molecule has 0 spiro atoms. The van der Waals surface area contributed by atoms with Gasteiger partial charge in [-0.25, -0.2) is 8.42 Å². The maximum absolute atomic E-state index is 13.9. The van der Waals surface area contributed by atoms with E-state index in [9.17, 15) is 18.0 Å². The van der Waals surface area contributed by atoms with E-state index in [0.29, 0.717) is 28.6 Å². The number of carbonyl (C=O) groups is 2. The Morgan fingerprint density at radius 3 is 2.28 bits per heavy atom. The SMILES string of the molecule is CCCNC(=O)[C@@H](C)N(Cc1cccc(Cl)c1)C(=O)CN(c1ccc(C)cc1)S(=O)(=O)c1ccc(OC)cc1. The highest BCUT2D eigenvalue weighted by molar-refractivity contribution is 7.92. The van der Waals surface area contributed by atoms with Crippen LogP contribution in [0.5, 0.6) is 5.75 Å². The smallest absolute Gasteiger partial charge is 0.264 e. The van der Waals surface area contributed by atoms with Crippen LogP contribution in [0.25, 0.3) is 0 Å². The van der Waals surface area contributed by atoms with Crippen LogP contribution < -0.4 is 14.4 Å². The molecule has 208 valence electrons. The molecule has 0 aliphatic rings. The average molecular weight is 572 g/mol. The number of aryl methyl sites for hydroxylation is 1. The first-order valence-corrected chi connectivity index (χ1v) is 14.4. The number of halogens is 1. The van der Waals surface area contributed by atoms with Crippen LogP contribution in [0.3, 0.4) is 0 Å². The van der Waals surface area contributed by atoms with Crippen molar-refractivity contribution in [2.75, 3.05) is 24.5 Å². The number of anilines is 1. The molecule has 10 heteroatoms. The number of rotatable bonds is 12. The molecular weight excluding hydrogens is 538 g/mol. The highest BCUT2D eigenvalue weighted by Gasteiger charge is 2.32. The number of methoxy groups -OCH3 is 1. The van der Waals surface area contributed by atoms with Crippen LogP contribution in [0.15, 0.2) is 77.7 Å². The Kier molecular flexibility index (Phi) is 10.4. The van der Waals surface area contributed by atoms with Gasteiger partial charge in [-0.3, -0.25) is 13.9 Å². The van der Waals surface area contributed by atoms with E-state index in [1.807, 2.05) is 13.8 Å². The van der Waals surface area contributed by atoms with Crippen LogP contribution in [0, 0.1) is 6.92 Å². The summed E-state index contributed by atoms with van der Waals surface area (Å²) in [4.78, 5) is 28.2. The number of benzene rings is 3. The molecule has 1 N–H and O–H groups in total. The minimum absolute atomic E-state index is 0.00630. The van der Waals surface area contributed by atoms with E-state index < -0.39 is 28.5 Å². The summed E-state index contributed by atoms with van der Waals surface area (Å²) in [6, 6.07) is 19.0. The van der Waals surface area contributed by atoms with Gasteiger partial charge < -0.3 is 15.0 Å². The summed E-state index contributed by atoms with van der Waals surface area (Å²) < 4.78 is 33.9. The molecule has 0 aromatic heterocycles. The summed E-state index contributed by atoms with van der Waals surface area (Å²) in [5.74, 6) is -0.356. The number of hydrogen-bond acceptors (Lipinski definition) is 5. The highest BCUT2D eigenvalue weighted by atomic mass is 35.5. The van der Waals surface area contributed by atoms with Crippen molar-refractivity contribution < 1.29 is 22.7 Å². The van der Waals surface area contributed by atoms with E-state index in [-0.39, 0.29) is 17.3 Å². The molecule has 0 heterocycles. The third-order valence-corrected chi connectivity index (χ3v) is 8.23.